The second-order valence-corrected chi connectivity index (χ2v) is 4.04. The lowest BCUT2D eigenvalue weighted by atomic mass is 10.0. The number of amides is 1. The van der Waals surface area contributed by atoms with Crippen molar-refractivity contribution in [1.82, 2.24) is 4.90 Å². The van der Waals surface area contributed by atoms with Gasteiger partial charge in [-0.1, -0.05) is 13.8 Å². The number of carbonyl (C=O) groups excluding carboxylic acids is 1. The molecule has 0 fully saturated rings. The van der Waals surface area contributed by atoms with Gasteiger partial charge in [0.2, 0.25) is 5.91 Å². The third-order valence-corrected chi connectivity index (χ3v) is 2.50. The van der Waals surface area contributed by atoms with Crippen LogP contribution in [0.1, 0.15) is 39.5 Å². The van der Waals surface area contributed by atoms with Crippen molar-refractivity contribution < 1.29 is 4.79 Å². The molecule has 2 N–H and O–H groups in total. The molecule has 1 unspecified atom stereocenters. The highest BCUT2D eigenvalue weighted by Gasteiger charge is 2.09. The molecule has 0 bridgehead atoms. The molecule has 0 saturated heterocycles. The number of nitrogens with two attached hydrogens (primary N) is 1. The predicted octanol–water partition coefficient (Wildman–Crippen LogP) is 1.62. The Hall–Kier alpha value is -0.570. The van der Waals surface area contributed by atoms with Crippen LogP contribution in [-0.2, 0) is 4.79 Å². The third-order valence-electron chi connectivity index (χ3n) is 2.50. The molecule has 0 aliphatic carbocycles. The Labute approximate surface area is 87.6 Å². The van der Waals surface area contributed by atoms with Crippen LogP contribution in [0.15, 0.2) is 0 Å². The Morgan fingerprint density at radius 3 is 2.57 bits per heavy atom. The summed E-state index contributed by atoms with van der Waals surface area (Å²) in [5, 5.41) is 0. The topological polar surface area (TPSA) is 46.3 Å². The lowest BCUT2D eigenvalue weighted by Gasteiger charge is -2.17. The van der Waals surface area contributed by atoms with Crippen molar-refractivity contribution in [3.8, 4) is 0 Å². The van der Waals surface area contributed by atoms with Gasteiger partial charge in [-0.3, -0.25) is 4.79 Å². The standard InChI is InChI=1S/C11H24N2O/c1-4-9-13(3)11(14)6-5-10(2)7-8-12/h10H,4-9,12H2,1-3H3. The van der Waals surface area contributed by atoms with E-state index in [2.05, 4.69) is 13.8 Å². The molecule has 1 atom stereocenters. The normalized spacial score (nSPS) is 12.6. The molecule has 3 heteroatoms. The van der Waals surface area contributed by atoms with Crippen LogP contribution in [0.25, 0.3) is 0 Å². The van der Waals surface area contributed by atoms with Gasteiger partial charge in [0.15, 0.2) is 0 Å². The average molecular weight is 200 g/mol. The Kier molecular flexibility index (Phi) is 7.48. The van der Waals surface area contributed by atoms with Crippen molar-refractivity contribution in [3.05, 3.63) is 0 Å². The number of hydrogen-bond donors (Lipinski definition) is 1. The van der Waals surface area contributed by atoms with Gasteiger partial charge in [-0.25, -0.2) is 0 Å². The largest absolute Gasteiger partial charge is 0.346 e. The summed E-state index contributed by atoms with van der Waals surface area (Å²) < 4.78 is 0. The predicted molar refractivity (Wildman–Crippen MR) is 60.0 cm³/mol. The fourth-order valence-corrected chi connectivity index (χ4v) is 1.45. The van der Waals surface area contributed by atoms with Gasteiger partial charge in [-0.05, 0) is 31.7 Å². The van der Waals surface area contributed by atoms with Crippen molar-refractivity contribution in [2.45, 2.75) is 39.5 Å². The van der Waals surface area contributed by atoms with Gasteiger partial charge in [0, 0.05) is 20.0 Å². The first-order chi connectivity index (χ1) is 6.61. The van der Waals surface area contributed by atoms with Crippen LogP contribution < -0.4 is 5.73 Å². The maximum Gasteiger partial charge on any atom is 0.222 e. The molecule has 0 saturated carbocycles. The summed E-state index contributed by atoms with van der Waals surface area (Å²) >= 11 is 0. The molecular weight excluding hydrogens is 176 g/mol. The second kappa shape index (κ2) is 7.80. The van der Waals surface area contributed by atoms with E-state index < -0.39 is 0 Å². The number of carbonyl (C=O) groups is 1. The van der Waals surface area contributed by atoms with Crippen molar-refractivity contribution in [2.75, 3.05) is 20.1 Å². The summed E-state index contributed by atoms with van der Waals surface area (Å²) in [6.07, 6.45) is 3.67. The van der Waals surface area contributed by atoms with E-state index in [1.807, 2.05) is 11.9 Å². The SMILES string of the molecule is CCCN(C)C(=O)CCC(C)CCN. The summed E-state index contributed by atoms with van der Waals surface area (Å²) in [6, 6.07) is 0. The molecule has 0 aromatic carbocycles. The van der Waals surface area contributed by atoms with Crippen molar-refractivity contribution in [1.29, 1.82) is 0 Å². The summed E-state index contributed by atoms with van der Waals surface area (Å²) in [5.41, 5.74) is 5.45. The Bertz CT molecular complexity index is 159. The highest BCUT2D eigenvalue weighted by atomic mass is 16.2. The zero-order valence-electron chi connectivity index (χ0n) is 9.75. The van der Waals surface area contributed by atoms with Crippen LogP contribution in [0.2, 0.25) is 0 Å². The van der Waals surface area contributed by atoms with Crippen LogP contribution >= 0.6 is 0 Å². The fourth-order valence-electron chi connectivity index (χ4n) is 1.45. The van der Waals surface area contributed by atoms with E-state index in [-0.39, 0.29) is 5.91 Å². The Morgan fingerprint density at radius 1 is 1.43 bits per heavy atom. The number of hydrogen-bond acceptors (Lipinski definition) is 2. The molecule has 0 aliphatic rings. The summed E-state index contributed by atoms with van der Waals surface area (Å²) in [6.45, 7) is 5.82. The molecule has 0 radical (unpaired) electrons. The molecule has 14 heavy (non-hydrogen) atoms. The molecule has 84 valence electrons. The van der Waals surface area contributed by atoms with E-state index in [4.69, 9.17) is 5.73 Å². The van der Waals surface area contributed by atoms with Crippen molar-refractivity contribution >= 4 is 5.91 Å². The quantitative estimate of drug-likeness (QED) is 0.679. The van der Waals surface area contributed by atoms with E-state index in [1.165, 1.54) is 0 Å². The van der Waals surface area contributed by atoms with Crippen molar-refractivity contribution in [3.63, 3.8) is 0 Å². The fraction of sp³-hybridized carbons (Fsp3) is 0.909. The average Bonchev–Trinajstić information content (AvgIpc) is 2.15. The second-order valence-electron chi connectivity index (χ2n) is 4.04. The van der Waals surface area contributed by atoms with Crippen LogP contribution in [0.4, 0.5) is 0 Å². The molecule has 0 spiro atoms. The van der Waals surface area contributed by atoms with E-state index >= 15 is 0 Å². The maximum atomic E-state index is 11.5. The van der Waals surface area contributed by atoms with Gasteiger partial charge in [0.1, 0.15) is 0 Å². The molecule has 0 aliphatic heterocycles. The smallest absolute Gasteiger partial charge is 0.222 e. The highest BCUT2D eigenvalue weighted by Crippen LogP contribution is 2.10. The van der Waals surface area contributed by atoms with E-state index in [9.17, 15) is 4.79 Å². The zero-order chi connectivity index (χ0) is 11.0. The van der Waals surface area contributed by atoms with Crippen LogP contribution in [0.5, 0.6) is 0 Å². The first-order valence-electron chi connectivity index (χ1n) is 5.55. The number of rotatable bonds is 7. The first-order valence-corrected chi connectivity index (χ1v) is 5.55. The van der Waals surface area contributed by atoms with E-state index in [0.717, 1.165) is 32.4 Å². The highest BCUT2D eigenvalue weighted by molar-refractivity contribution is 5.75. The summed E-state index contributed by atoms with van der Waals surface area (Å²) in [4.78, 5) is 13.4. The Balaban J connectivity index is 3.61. The van der Waals surface area contributed by atoms with Gasteiger partial charge in [-0.15, -0.1) is 0 Å². The van der Waals surface area contributed by atoms with Crippen LogP contribution in [0.3, 0.4) is 0 Å². The molecule has 0 heterocycles. The first kappa shape index (κ1) is 13.4. The lowest BCUT2D eigenvalue weighted by molar-refractivity contribution is -0.130. The summed E-state index contributed by atoms with van der Waals surface area (Å²) in [7, 11) is 1.87. The third kappa shape index (κ3) is 5.97. The minimum Gasteiger partial charge on any atom is -0.346 e. The van der Waals surface area contributed by atoms with Crippen molar-refractivity contribution in [2.24, 2.45) is 11.7 Å². The monoisotopic (exact) mass is 200 g/mol. The molecular formula is C11H24N2O. The summed E-state index contributed by atoms with van der Waals surface area (Å²) in [5.74, 6) is 0.828. The van der Waals surface area contributed by atoms with E-state index in [1.54, 1.807) is 0 Å². The molecule has 0 aromatic rings. The van der Waals surface area contributed by atoms with Crippen LogP contribution in [-0.4, -0.2) is 30.9 Å². The zero-order valence-corrected chi connectivity index (χ0v) is 9.75. The molecule has 0 aromatic heterocycles. The van der Waals surface area contributed by atoms with Gasteiger partial charge in [0.25, 0.3) is 0 Å². The number of nitrogens with zero attached hydrogens (tertiary/aromatic N) is 1. The van der Waals surface area contributed by atoms with E-state index in [0.29, 0.717) is 12.3 Å². The van der Waals surface area contributed by atoms with Gasteiger partial charge < -0.3 is 10.6 Å². The van der Waals surface area contributed by atoms with Gasteiger partial charge in [-0.2, -0.15) is 0 Å². The molecule has 0 rings (SSSR count). The maximum absolute atomic E-state index is 11.5. The molecule has 3 nitrogen and oxygen atoms in total. The van der Waals surface area contributed by atoms with Gasteiger partial charge in [0.05, 0.1) is 0 Å². The van der Waals surface area contributed by atoms with Gasteiger partial charge >= 0.3 is 0 Å². The Morgan fingerprint density at radius 2 is 2.07 bits per heavy atom. The lowest BCUT2D eigenvalue weighted by Crippen LogP contribution is -2.27. The minimum atomic E-state index is 0.260. The van der Waals surface area contributed by atoms with Crippen LogP contribution in [0, 0.1) is 5.92 Å². The minimum absolute atomic E-state index is 0.260. The molecule has 1 amide bonds.